The van der Waals surface area contributed by atoms with E-state index in [9.17, 15) is 5.11 Å². The van der Waals surface area contributed by atoms with E-state index < -0.39 is 0 Å². The lowest BCUT2D eigenvalue weighted by molar-refractivity contribution is 0.337. The van der Waals surface area contributed by atoms with Crippen LogP contribution in [0, 0.1) is 0 Å². The fourth-order valence-electron chi connectivity index (χ4n) is 6.02. The van der Waals surface area contributed by atoms with E-state index in [1.165, 1.54) is 60.8 Å². The SMILES string of the molecule is CCCC(CC)(CC)c1c(CC)c(C(C)(C)C)c(O)c2c1CCCC2(C)C. The van der Waals surface area contributed by atoms with Crippen LogP contribution >= 0.6 is 0 Å². The largest absolute Gasteiger partial charge is 0.507 e. The standard InChI is InChI=1S/C26H44O/c1-10-16-26(12-3,13-4)20-18(11-2)21(24(5,6)7)23(27)22-19(20)15-14-17-25(22,8)9/h27H,10-17H2,1-9H3. The Hall–Kier alpha value is -0.980. The highest BCUT2D eigenvalue weighted by Crippen LogP contribution is 2.53. The molecule has 0 saturated carbocycles. The second-order valence-corrected chi connectivity index (χ2v) is 10.5. The van der Waals surface area contributed by atoms with Crippen molar-refractivity contribution < 1.29 is 5.11 Å². The Bertz CT molecular complexity index is 651. The Morgan fingerprint density at radius 2 is 1.56 bits per heavy atom. The van der Waals surface area contributed by atoms with Gasteiger partial charge < -0.3 is 5.11 Å². The van der Waals surface area contributed by atoms with Gasteiger partial charge in [-0.1, -0.05) is 68.7 Å². The lowest BCUT2D eigenvalue weighted by Gasteiger charge is -2.44. The van der Waals surface area contributed by atoms with Crippen LogP contribution in [-0.4, -0.2) is 5.11 Å². The number of rotatable bonds is 6. The number of fused-ring (bicyclic) bond motifs is 1. The molecule has 1 aromatic carbocycles. The first kappa shape index (κ1) is 22.3. The third-order valence-corrected chi connectivity index (χ3v) is 7.30. The molecule has 0 aromatic heterocycles. The molecule has 0 heterocycles. The van der Waals surface area contributed by atoms with Gasteiger partial charge in [-0.15, -0.1) is 0 Å². The van der Waals surface area contributed by atoms with Crippen LogP contribution in [0.3, 0.4) is 0 Å². The highest BCUT2D eigenvalue weighted by atomic mass is 16.3. The Kier molecular flexibility index (Phi) is 6.45. The molecule has 0 atom stereocenters. The van der Waals surface area contributed by atoms with Gasteiger partial charge in [0.1, 0.15) is 5.75 Å². The van der Waals surface area contributed by atoms with Gasteiger partial charge in [-0.2, -0.15) is 0 Å². The molecule has 154 valence electrons. The molecule has 1 aliphatic carbocycles. The highest BCUT2D eigenvalue weighted by Gasteiger charge is 2.42. The van der Waals surface area contributed by atoms with E-state index in [4.69, 9.17) is 0 Å². The van der Waals surface area contributed by atoms with E-state index in [0.29, 0.717) is 5.75 Å². The minimum atomic E-state index is -0.0494. The first-order valence-electron chi connectivity index (χ1n) is 11.4. The van der Waals surface area contributed by atoms with Crippen molar-refractivity contribution in [1.29, 1.82) is 0 Å². The Morgan fingerprint density at radius 3 is 2.00 bits per heavy atom. The minimum absolute atomic E-state index is 0.0494. The molecule has 1 N–H and O–H groups in total. The first-order valence-corrected chi connectivity index (χ1v) is 11.4. The lowest BCUT2D eigenvalue weighted by Crippen LogP contribution is -2.34. The average Bonchev–Trinajstić information content (AvgIpc) is 2.57. The van der Waals surface area contributed by atoms with Crippen molar-refractivity contribution in [2.24, 2.45) is 0 Å². The highest BCUT2D eigenvalue weighted by molar-refractivity contribution is 5.62. The summed E-state index contributed by atoms with van der Waals surface area (Å²) >= 11 is 0. The molecule has 2 rings (SSSR count). The molecule has 1 aliphatic rings. The van der Waals surface area contributed by atoms with E-state index in [2.05, 4.69) is 62.3 Å². The molecule has 1 nitrogen and oxygen atoms in total. The summed E-state index contributed by atoms with van der Waals surface area (Å²) in [6.45, 7) is 20.9. The fourth-order valence-corrected chi connectivity index (χ4v) is 6.02. The Balaban J connectivity index is 3.07. The smallest absolute Gasteiger partial charge is 0.123 e. The van der Waals surface area contributed by atoms with Crippen LogP contribution in [0.15, 0.2) is 0 Å². The molecule has 0 amide bonds. The van der Waals surface area contributed by atoms with E-state index in [0.717, 1.165) is 12.8 Å². The van der Waals surface area contributed by atoms with Gasteiger partial charge in [-0.05, 0) is 77.9 Å². The molecule has 0 unspecified atom stereocenters. The fraction of sp³-hybridized carbons (Fsp3) is 0.769. The zero-order valence-corrected chi connectivity index (χ0v) is 19.6. The molecule has 0 aliphatic heterocycles. The Morgan fingerprint density at radius 1 is 0.963 bits per heavy atom. The summed E-state index contributed by atoms with van der Waals surface area (Å²) < 4.78 is 0. The number of hydrogen-bond donors (Lipinski definition) is 1. The molecular weight excluding hydrogens is 328 g/mol. The van der Waals surface area contributed by atoms with Gasteiger partial charge in [0, 0.05) is 11.1 Å². The van der Waals surface area contributed by atoms with Crippen LogP contribution in [0.5, 0.6) is 5.75 Å². The third-order valence-electron chi connectivity index (χ3n) is 7.30. The summed E-state index contributed by atoms with van der Waals surface area (Å²) in [7, 11) is 0. The van der Waals surface area contributed by atoms with E-state index in [1.54, 1.807) is 5.56 Å². The topological polar surface area (TPSA) is 20.2 Å². The quantitative estimate of drug-likeness (QED) is 0.542. The van der Waals surface area contributed by atoms with Crippen molar-refractivity contribution >= 4 is 0 Å². The van der Waals surface area contributed by atoms with Crippen molar-refractivity contribution in [3.63, 3.8) is 0 Å². The normalized spacial score (nSPS) is 17.1. The summed E-state index contributed by atoms with van der Waals surface area (Å²) in [6.07, 6.45) is 9.38. The second-order valence-electron chi connectivity index (χ2n) is 10.5. The van der Waals surface area contributed by atoms with Crippen LogP contribution in [0.4, 0.5) is 0 Å². The first-order chi connectivity index (χ1) is 12.5. The molecule has 1 heteroatoms. The predicted octanol–water partition coefficient (Wildman–Crippen LogP) is 7.72. The molecular formula is C26H44O. The van der Waals surface area contributed by atoms with Crippen LogP contribution in [0.25, 0.3) is 0 Å². The van der Waals surface area contributed by atoms with Crippen molar-refractivity contribution in [2.75, 3.05) is 0 Å². The van der Waals surface area contributed by atoms with Gasteiger partial charge in [0.05, 0.1) is 0 Å². The number of phenolic OH excluding ortho intramolecular Hbond substituents is 1. The minimum Gasteiger partial charge on any atom is -0.507 e. The molecule has 0 bridgehead atoms. The molecule has 0 radical (unpaired) electrons. The summed E-state index contributed by atoms with van der Waals surface area (Å²) in [6, 6.07) is 0. The van der Waals surface area contributed by atoms with Crippen molar-refractivity contribution in [3.8, 4) is 5.75 Å². The monoisotopic (exact) mass is 372 g/mol. The Labute approximate surface area is 169 Å². The summed E-state index contributed by atoms with van der Waals surface area (Å²) in [4.78, 5) is 0. The zero-order chi connectivity index (χ0) is 20.6. The van der Waals surface area contributed by atoms with E-state index in [-0.39, 0.29) is 16.2 Å². The lowest BCUT2D eigenvalue weighted by atomic mass is 9.60. The van der Waals surface area contributed by atoms with Crippen molar-refractivity contribution in [3.05, 3.63) is 27.8 Å². The number of benzene rings is 1. The molecule has 27 heavy (non-hydrogen) atoms. The van der Waals surface area contributed by atoms with Crippen LogP contribution < -0.4 is 0 Å². The predicted molar refractivity (Wildman–Crippen MR) is 119 cm³/mol. The van der Waals surface area contributed by atoms with Gasteiger partial charge >= 0.3 is 0 Å². The third kappa shape index (κ3) is 3.68. The summed E-state index contributed by atoms with van der Waals surface area (Å²) in [5.41, 5.74) is 7.32. The average molecular weight is 373 g/mol. The van der Waals surface area contributed by atoms with Gasteiger partial charge in [-0.25, -0.2) is 0 Å². The van der Waals surface area contributed by atoms with Crippen LogP contribution in [-0.2, 0) is 29.1 Å². The summed E-state index contributed by atoms with van der Waals surface area (Å²) in [5, 5.41) is 11.6. The van der Waals surface area contributed by atoms with E-state index >= 15 is 0 Å². The molecule has 0 saturated heterocycles. The van der Waals surface area contributed by atoms with Gasteiger partial charge in [0.2, 0.25) is 0 Å². The molecule has 0 fully saturated rings. The zero-order valence-electron chi connectivity index (χ0n) is 19.6. The maximum atomic E-state index is 11.6. The molecule has 0 spiro atoms. The van der Waals surface area contributed by atoms with Gasteiger partial charge in [0.15, 0.2) is 0 Å². The van der Waals surface area contributed by atoms with Gasteiger partial charge in [-0.3, -0.25) is 0 Å². The number of hydrogen-bond acceptors (Lipinski definition) is 1. The van der Waals surface area contributed by atoms with Crippen molar-refractivity contribution in [1.82, 2.24) is 0 Å². The second kappa shape index (κ2) is 7.80. The summed E-state index contributed by atoms with van der Waals surface area (Å²) in [5.74, 6) is 0.611. The van der Waals surface area contributed by atoms with Crippen LogP contribution in [0.2, 0.25) is 0 Å². The van der Waals surface area contributed by atoms with Crippen LogP contribution in [0.1, 0.15) is 129 Å². The van der Waals surface area contributed by atoms with E-state index in [1.807, 2.05) is 0 Å². The number of aromatic hydroxyl groups is 1. The molecule has 1 aromatic rings. The van der Waals surface area contributed by atoms with Crippen molar-refractivity contribution in [2.45, 2.75) is 130 Å². The number of phenols is 1. The maximum absolute atomic E-state index is 11.6. The van der Waals surface area contributed by atoms with Gasteiger partial charge in [0.25, 0.3) is 0 Å². The maximum Gasteiger partial charge on any atom is 0.123 e.